The van der Waals surface area contributed by atoms with Crippen LogP contribution in [0.15, 0.2) is 231 Å². The first-order chi connectivity index (χ1) is 50.0. The molecule has 550 valence electrons. The molecule has 1 saturated heterocycles. The molecule has 104 heavy (non-hydrogen) atoms. The van der Waals surface area contributed by atoms with Crippen LogP contribution in [0.1, 0.15) is 104 Å². The minimum absolute atomic E-state index is 0.158. The number of para-hydroxylation sites is 4. The van der Waals surface area contributed by atoms with Crippen molar-refractivity contribution in [2.75, 3.05) is 73.4 Å². The summed E-state index contributed by atoms with van der Waals surface area (Å²) in [5.74, 6) is 1.60. The molecule has 0 radical (unpaired) electrons. The second kappa shape index (κ2) is 36.4. The number of rotatable bonds is 22. The Morgan fingerprint density at radius 1 is 0.721 bits per heavy atom. The molecular formula is C81H96N7O8S8+. The predicted octanol–water partition coefficient (Wildman–Crippen LogP) is 14.9. The maximum absolute atomic E-state index is 12.4. The van der Waals surface area contributed by atoms with E-state index in [1.165, 1.54) is 113 Å². The third-order valence-electron chi connectivity index (χ3n) is 19.0. The number of nitrogens with one attached hydrogen (secondary N) is 1. The predicted molar refractivity (Wildman–Crippen MR) is 438 cm³/mol. The van der Waals surface area contributed by atoms with Crippen molar-refractivity contribution in [1.29, 1.82) is 0 Å². The average molecular weight is 1550 g/mol. The van der Waals surface area contributed by atoms with Crippen LogP contribution < -0.4 is 35.8 Å². The second-order valence-electron chi connectivity index (χ2n) is 27.3. The molecule has 23 heteroatoms. The molecule has 15 nitrogen and oxygen atoms in total. The van der Waals surface area contributed by atoms with E-state index in [4.69, 9.17) is 4.42 Å². The van der Waals surface area contributed by atoms with E-state index in [9.17, 15) is 30.7 Å². The lowest BCUT2D eigenvalue weighted by Gasteiger charge is -2.31. The SMILES string of the molecule is CCCC[N+]1=C(C=CC=c2oc(=O)c(=C/C=C3/SCCN3CCCS(=O)(=O)[O-])n2C)SCC1.CCN1/C(=C\C2=CC(=C/C=C/c3sc4ccccc4[n+]3CCC(C)S(=O)(=O)[O-])/CC(C)(C)C2)Sc2ccccc21.CCN1C(=CC2=C/C(=C\C=C\C3Sc4ccccc4[NH+]3C)CCC2)Sc2ccccc21. The summed E-state index contributed by atoms with van der Waals surface area (Å²) < 4.78 is 79.7. The highest BCUT2D eigenvalue weighted by atomic mass is 32.2. The van der Waals surface area contributed by atoms with Gasteiger partial charge in [-0.2, -0.15) is 4.57 Å². The number of fused-ring (bicyclic) bond motifs is 4. The van der Waals surface area contributed by atoms with Gasteiger partial charge in [0.05, 0.1) is 69.6 Å². The van der Waals surface area contributed by atoms with Crippen LogP contribution in [0, 0.1) is 5.41 Å². The van der Waals surface area contributed by atoms with Gasteiger partial charge in [0.1, 0.15) is 22.3 Å². The molecule has 7 aliphatic rings. The van der Waals surface area contributed by atoms with Crippen LogP contribution in [0.2, 0.25) is 0 Å². The highest BCUT2D eigenvalue weighted by Crippen LogP contribution is 2.49. The first kappa shape index (κ1) is 78.6. The van der Waals surface area contributed by atoms with Crippen molar-refractivity contribution in [2.24, 2.45) is 12.5 Å². The Balaban J connectivity index is 0.000000158. The summed E-state index contributed by atoms with van der Waals surface area (Å²) in [5, 5.41) is 5.84. The van der Waals surface area contributed by atoms with Crippen molar-refractivity contribution in [2.45, 2.75) is 131 Å². The van der Waals surface area contributed by atoms with Crippen molar-refractivity contribution in [3.05, 3.63) is 234 Å². The van der Waals surface area contributed by atoms with Crippen molar-refractivity contribution >= 4 is 141 Å². The minimum atomic E-state index is -4.30. The topological polar surface area (TPSA) is 171 Å². The molecule has 3 atom stereocenters. The van der Waals surface area contributed by atoms with Crippen LogP contribution in [0.4, 0.5) is 17.1 Å². The minimum Gasteiger partial charge on any atom is -0.748 e. The van der Waals surface area contributed by atoms with Crippen LogP contribution in [0.25, 0.3) is 28.4 Å². The fourth-order valence-corrected chi connectivity index (χ4v) is 21.3. The van der Waals surface area contributed by atoms with E-state index in [-0.39, 0.29) is 24.0 Å². The lowest BCUT2D eigenvalue weighted by atomic mass is 9.75. The highest BCUT2D eigenvalue weighted by molar-refractivity contribution is 8.14. The third-order valence-corrected chi connectivity index (χ3v) is 27.9. The number of unbranched alkanes of at least 4 members (excludes halogenated alkanes) is 1. The van der Waals surface area contributed by atoms with Gasteiger partial charge in [-0.15, -0.1) is 11.8 Å². The van der Waals surface area contributed by atoms with Crippen molar-refractivity contribution in [3.8, 4) is 0 Å². The van der Waals surface area contributed by atoms with Gasteiger partial charge in [0, 0.05) is 91.6 Å². The Kier molecular flexibility index (Phi) is 27.5. The quantitative estimate of drug-likeness (QED) is 0.0502. The van der Waals surface area contributed by atoms with Gasteiger partial charge in [0.25, 0.3) is 5.01 Å². The first-order valence-electron chi connectivity index (χ1n) is 36.0. The fourth-order valence-electron chi connectivity index (χ4n) is 13.6. The Labute approximate surface area is 640 Å². The Hall–Kier alpha value is -6.48. The number of allylic oxidation sites excluding steroid dienone is 14. The molecule has 0 bridgehead atoms. The van der Waals surface area contributed by atoms with E-state index in [0.29, 0.717) is 29.4 Å². The Morgan fingerprint density at radius 3 is 2.09 bits per heavy atom. The summed E-state index contributed by atoms with van der Waals surface area (Å²) in [7, 11) is -4.45. The molecule has 2 aliphatic carbocycles. The van der Waals surface area contributed by atoms with Gasteiger partial charge >= 0.3 is 5.63 Å². The normalized spacial score (nSPS) is 21.6. The lowest BCUT2D eigenvalue weighted by molar-refractivity contribution is -0.812. The van der Waals surface area contributed by atoms with Crippen molar-refractivity contribution in [1.82, 2.24) is 9.47 Å². The molecule has 0 spiro atoms. The standard InChI is InChI=1S/C32H36N2O3S3.C27H28N2S2.C22H31N3O5S3/c1-5-33-26-12-6-8-14-28(26)39-31(33)20-25-19-24(21-32(3,4)22-25)11-10-16-30-34(18-17-23(2)40(35,36)37)27-13-7-9-15-29(27)38-30;1-3-29-23-14-5-7-16-25(23)31-27(29)19-21-12-8-10-20(18-21)11-9-17-26-28(2)22-13-4-6-15-24(22)30-26;1-3-4-11-24-13-15-31-20(24)8-5-7-19-23(2)18(22(26)30-19)9-10-21-25(14-16-32-21)12-6-17-33(27,28)29/h6-16,19-20,23H,5,17-18,21-22H2,1-4H3;4-7,9,11,13-19,26H,3,8,10,12H2,1-2H3;5,7-10H,3-4,6,11-17H2,1-2H3/p+1/b;17-9+,20-11-,27-19?;18-9?,21-10+. The van der Waals surface area contributed by atoms with Gasteiger partial charge < -0.3 is 32.8 Å². The zero-order chi connectivity index (χ0) is 73.5. The zero-order valence-corrected chi connectivity index (χ0v) is 67.2. The molecule has 5 aliphatic heterocycles. The van der Waals surface area contributed by atoms with Crippen LogP contribution in [0.5, 0.6) is 0 Å². The van der Waals surface area contributed by atoms with E-state index in [1.54, 1.807) is 46.9 Å². The number of oxazole rings is 1. The van der Waals surface area contributed by atoms with Crippen LogP contribution in [0.3, 0.4) is 0 Å². The van der Waals surface area contributed by atoms with Gasteiger partial charge in [0.2, 0.25) is 16.1 Å². The number of thioether (sulfide) groups is 5. The van der Waals surface area contributed by atoms with E-state index in [1.807, 2.05) is 82.3 Å². The maximum Gasteiger partial charge on any atom is 0.361 e. The largest absolute Gasteiger partial charge is 0.748 e. The summed E-state index contributed by atoms with van der Waals surface area (Å²) in [4.78, 5) is 24.8. The van der Waals surface area contributed by atoms with E-state index < -0.39 is 31.1 Å². The van der Waals surface area contributed by atoms with Crippen LogP contribution >= 0.6 is 70.1 Å². The summed E-state index contributed by atoms with van der Waals surface area (Å²) in [6, 6.07) is 34.2. The number of benzene rings is 4. The smallest absolute Gasteiger partial charge is 0.361 e. The number of hydrogen-bond acceptors (Lipinski definition) is 17. The monoisotopic (exact) mass is 1550 g/mol. The number of nitrogens with zero attached hydrogens (tertiary/aromatic N) is 6. The number of aromatic nitrogens is 2. The lowest BCUT2D eigenvalue weighted by Crippen LogP contribution is -3.05. The fraction of sp³-hybridized carbons (Fsp3) is 0.370. The number of likely N-dealkylation sites (N-methyl/N-ethyl adjacent to an activating group) is 1. The van der Waals surface area contributed by atoms with Gasteiger partial charge in [-0.1, -0.05) is 171 Å². The molecule has 3 unspecified atom stereocenters. The molecule has 0 saturated carbocycles. The molecule has 2 aromatic heterocycles. The van der Waals surface area contributed by atoms with Gasteiger partial charge in [-0.3, -0.25) is 4.90 Å². The number of anilines is 2. The van der Waals surface area contributed by atoms with Gasteiger partial charge in [0.15, 0.2) is 18.5 Å². The van der Waals surface area contributed by atoms with E-state index >= 15 is 0 Å². The highest BCUT2D eigenvalue weighted by Gasteiger charge is 2.32. The van der Waals surface area contributed by atoms with Crippen molar-refractivity contribution in [3.63, 3.8) is 0 Å². The molecular weight excluding hydrogens is 1460 g/mol. The summed E-state index contributed by atoms with van der Waals surface area (Å²) in [5.41, 5.74) is 10.8. The molecule has 1 N–H and O–H groups in total. The second-order valence-corrected chi connectivity index (χ2v) is 37.3. The number of hydrogen-bond donors (Lipinski definition) is 1. The summed E-state index contributed by atoms with van der Waals surface area (Å²) >= 11 is 10.9. The van der Waals surface area contributed by atoms with Gasteiger partial charge in [-0.05, 0) is 166 Å². The summed E-state index contributed by atoms with van der Waals surface area (Å²) in [6.45, 7) is 18.6. The third kappa shape index (κ3) is 20.8. The van der Waals surface area contributed by atoms with Crippen molar-refractivity contribution < 1.29 is 44.4 Å². The maximum atomic E-state index is 12.4. The van der Waals surface area contributed by atoms with Crippen LogP contribution in [-0.4, -0.2) is 119 Å². The number of aryl methyl sites for hydroxylation is 1. The number of quaternary nitrogens is 1. The Morgan fingerprint density at radius 2 is 1.38 bits per heavy atom. The molecule has 6 aromatic rings. The van der Waals surface area contributed by atoms with Crippen LogP contribution in [-0.2, 0) is 33.8 Å². The first-order valence-corrected chi connectivity index (χ1v) is 44.4. The molecule has 7 heterocycles. The molecule has 0 amide bonds. The summed E-state index contributed by atoms with van der Waals surface area (Å²) in [6.07, 6.45) is 40.8. The molecule has 1 fully saturated rings. The van der Waals surface area contributed by atoms with Gasteiger partial charge in [-0.25, -0.2) is 26.2 Å². The van der Waals surface area contributed by atoms with E-state index in [2.05, 4.69) is 206 Å². The number of thiazole rings is 1. The zero-order valence-electron chi connectivity index (χ0n) is 60.7. The Bertz CT molecular complexity index is 4910. The molecule has 13 rings (SSSR count). The average Bonchev–Trinajstić information content (AvgIpc) is 1.78. The van der Waals surface area contributed by atoms with E-state index in [0.717, 1.165) is 77.3 Å². The molecule has 4 aromatic carbocycles.